The third-order valence-corrected chi connectivity index (χ3v) is 5.46. The van der Waals surface area contributed by atoms with Gasteiger partial charge in [-0.25, -0.2) is 12.7 Å². The van der Waals surface area contributed by atoms with E-state index in [0.29, 0.717) is 11.4 Å². The van der Waals surface area contributed by atoms with Crippen LogP contribution in [0.4, 0.5) is 5.69 Å². The average Bonchev–Trinajstić information content (AvgIpc) is 2.52. The van der Waals surface area contributed by atoms with Crippen molar-refractivity contribution < 1.29 is 17.9 Å². The van der Waals surface area contributed by atoms with Crippen molar-refractivity contribution in [2.45, 2.75) is 38.0 Å². The van der Waals surface area contributed by atoms with E-state index in [2.05, 4.69) is 12.2 Å². The molecule has 0 aliphatic heterocycles. The highest BCUT2D eigenvalue weighted by molar-refractivity contribution is 7.89. The number of sulfonamides is 1. The number of unbranched alkanes of at least 4 members (excludes halogenated alkanes) is 1. The van der Waals surface area contributed by atoms with E-state index in [0.717, 1.165) is 23.6 Å². The van der Waals surface area contributed by atoms with E-state index in [-0.39, 0.29) is 16.7 Å². The first-order valence-electron chi connectivity index (χ1n) is 7.65. The predicted octanol–water partition coefficient (Wildman–Crippen LogP) is 2.71. The van der Waals surface area contributed by atoms with Crippen molar-refractivity contribution in [2.24, 2.45) is 5.92 Å². The molecule has 0 saturated heterocycles. The van der Waals surface area contributed by atoms with Crippen molar-refractivity contribution in [3.63, 3.8) is 0 Å². The summed E-state index contributed by atoms with van der Waals surface area (Å²) in [4.78, 5) is 12.4. The SMILES string of the molecule is CCCC[C@@H](C)C(=O)Nc1cc(S(=O)(=O)N(C)C)ccc1OC. The Balaban J connectivity index is 3.07. The van der Waals surface area contributed by atoms with Crippen LogP contribution in [0.25, 0.3) is 0 Å². The molecule has 0 fully saturated rings. The van der Waals surface area contributed by atoms with Gasteiger partial charge in [-0.15, -0.1) is 0 Å². The smallest absolute Gasteiger partial charge is 0.242 e. The van der Waals surface area contributed by atoms with Gasteiger partial charge in [-0.05, 0) is 24.6 Å². The van der Waals surface area contributed by atoms with Gasteiger partial charge in [-0.3, -0.25) is 4.79 Å². The summed E-state index contributed by atoms with van der Waals surface area (Å²) < 4.78 is 30.8. The van der Waals surface area contributed by atoms with E-state index in [1.165, 1.54) is 33.3 Å². The normalized spacial score (nSPS) is 13.0. The number of hydrogen-bond acceptors (Lipinski definition) is 4. The molecule has 0 saturated carbocycles. The zero-order chi connectivity index (χ0) is 17.6. The highest BCUT2D eigenvalue weighted by atomic mass is 32.2. The number of carbonyl (C=O) groups is 1. The summed E-state index contributed by atoms with van der Waals surface area (Å²) in [5.74, 6) is 0.142. The molecule has 0 heterocycles. The quantitative estimate of drug-likeness (QED) is 0.788. The van der Waals surface area contributed by atoms with Crippen molar-refractivity contribution in [1.29, 1.82) is 0 Å². The molecule has 130 valence electrons. The molecule has 1 amide bonds. The molecule has 1 aromatic rings. The van der Waals surface area contributed by atoms with Gasteiger partial charge in [-0.1, -0.05) is 26.7 Å². The first kappa shape index (κ1) is 19.4. The number of benzene rings is 1. The fourth-order valence-electron chi connectivity index (χ4n) is 2.05. The van der Waals surface area contributed by atoms with Crippen LogP contribution in [-0.2, 0) is 14.8 Å². The Morgan fingerprint density at radius 2 is 2.00 bits per heavy atom. The molecule has 1 rings (SSSR count). The number of methoxy groups -OCH3 is 1. The largest absolute Gasteiger partial charge is 0.495 e. The summed E-state index contributed by atoms with van der Waals surface area (Å²) in [7, 11) is 0.836. The highest BCUT2D eigenvalue weighted by Crippen LogP contribution is 2.29. The second kappa shape index (κ2) is 8.31. The molecule has 0 spiro atoms. The number of anilines is 1. The third-order valence-electron chi connectivity index (χ3n) is 3.65. The summed E-state index contributed by atoms with van der Waals surface area (Å²) in [6.45, 7) is 3.93. The lowest BCUT2D eigenvalue weighted by Gasteiger charge is -2.17. The van der Waals surface area contributed by atoms with Crippen molar-refractivity contribution in [3.8, 4) is 5.75 Å². The van der Waals surface area contributed by atoms with Crippen LogP contribution in [0.1, 0.15) is 33.1 Å². The molecule has 0 aliphatic carbocycles. The molecule has 7 heteroatoms. The Morgan fingerprint density at radius 1 is 1.35 bits per heavy atom. The minimum Gasteiger partial charge on any atom is -0.495 e. The van der Waals surface area contributed by atoms with Crippen molar-refractivity contribution in [3.05, 3.63) is 18.2 Å². The van der Waals surface area contributed by atoms with Crippen LogP contribution in [0, 0.1) is 5.92 Å². The van der Waals surface area contributed by atoms with Crippen molar-refractivity contribution >= 4 is 21.6 Å². The Hall–Kier alpha value is -1.60. The molecule has 0 bridgehead atoms. The highest BCUT2D eigenvalue weighted by Gasteiger charge is 2.21. The number of nitrogens with one attached hydrogen (secondary N) is 1. The number of amides is 1. The van der Waals surface area contributed by atoms with Crippen molar-refractivity contribution in [2.75, 3.05) is 26.5 Å². The maximum Gasteiger partial charge on any atom is 0.242 e. The van der Waals surface area contributed by atoms with Crippen molar-refractivity contribution in [1.82, 2.24) is 4.31 Å². The van der Waals surface area contributed by atoms with Crippen LogP contribution >= 0.6 is 0 Å². The molecule has 1 aromatic carbocycles. The Morgan fingerprint density at radius 3 is 2.52 bits per heavy atom. The number of carbonyl (C=O) groups excluding carboxylic acids is 1. The first-order chi connectivity index (χ1) is 10.7. The van der Waals surface area contributed by atoms with E-state index in [4.69, 9.17) is 4.74 Å². The lowest BCUT2D eigenvalue weighted by atomic mass is 10.0. The second-order valence-electron chi connectivity index (χ2n) is 5.68. The van der Waals surface area contributed by atoms with Gasteiger partial charge in [-0.2, -0.15) is 0 Å². The lowest BCUT2D eigenvalue weighted by molar-refractivity contribution is -0.119. The first-order valence-corrected chi connectivity index (χ1v) is 9.09. The summed E-state index contributed by atoms with van der Waals surface area (Å²) >= 11 is 0. The van der Waals surface area contributed by atoms with Gasteiger partial charge in [0.2, 0.25) is 15.9 Å². The fraction of sp³-hybridized carbons (Fsp3) is 0.562. The molecular formula is C16H26N2O4S. The number of ether oxygens (including phenoxy) is 1. The average molecular weight is 342 g/mol. The van der Waals surface area contributed by atoms with E-state index < -0.39 is 10.0 Å². The molecule has 23 heavy (non-hydrogen) atoms. The second-order valence-corrected chi connectivity index (χ2v) is 7.83. The van der Waals surface area contributed by atoms with Gasteiger partial charge in [0, 0.05) is 20.0 Å². The predicted molar refractivity (Wildman–Crippen MR) is 91.2 cm³/mol. The van der Waals surface area contributed by atoms with Gasteiger partial charge in [0.05, 0.1) is 17.7 Å². The molecule has 0 radical (unpaired) electrons. The number of hydrogen-bond donors (Lipinski definition) is 1. The maximum atomic E-state index is 12.3. The van der Waals surface area contributed by atoms with Crippen LogP contribution in [0.5, 0.6) is 5.75 Å². The van der Waals surface area contributed by atoms with E-state index in [1.807, 2.05) is 6.92 Å². The van der Waals surface area contributed by atoms with Crippen LogP contribution in [0.2, 0.25) is 0 Å². The van der Waals surface area contributed by atoms with E-state index in [1.54, 1.807) is 6.07 Å². The summed E-state index contributed by atoms with van der Waals surface area (Å²) in [6, 6.07) is 4.44. The molecule has 1 atom stereocenters. The minimum atomic E-state index is -3.57. The molecule has 0 aromatic heterocycles. The zero-order valence-electron chi connectivity index (χ0n) is 14.4. The fourth-order valence-corrected chi connectivity index (χ4v) is 2.98. The molecule has 6 nitrogen and oxygen atoms in total. The Bertz CT molecular complexity index is 641. The van der Waals surface area contributed by atoms with Gasteiger partial charge in [0.25, 0.3) is 0 Å². The Kier molecular flexibility index (Phi) is 7.02. The van der Waals surface area contributed by atoms with Crippen LogP contribution in [-0.4, -0.2) is 39.8 Å². The van der Waals surface area contributed by atoms with Crippen LogP contribution < -0.4 is 10.1 Å². The third kappa shape index (κ3) is 4.94. The van der Waals surface area contributed by atoms with E-state index >= 15 is 0 Å². The molecular weight excluding hydrogens is 316 g/mol. The minimum absolute atomic E-state index is 0.111. The van der Waals surface area contributed by atoms with Gasteiger partial charge >= 0.3 is 0 Å². The summed E-state index contributed by atoms with van der Waals surface area (Å²) in [6.07, 6.45) is 2.79. The molecule has 1 N–H and O–H groups in total. The lowest BCUT2D eigenvalue weighted by Crippen LogP contribution is -2.23. The topological polar surface area (TPSA) is 75.7 Å². The summed E-state index contributed by atoms with van der Waals surface area (Å²) in [5, 5.41) is 2.77. The zero-order valence-corrected chi connectivity index (χ0v) is 15.2. The van der Waals surface area contributed by atoms with Crippen LogP contribution in [0.15, 0.2) is 23.1 Å². The van der Waals surface area contributed by atoms with E-state index in [9.17, 15) is 13.2 Å². The van der Waals surface area contributed by atoms with Gasteiger partial charge < -0.3 is 10.1 Å². The molecule has 0 aliphatic rings. The van der Waals surface area contributed by atoms with Gasteiger partial charge in [0.15, 0.2) is 0 Å². The van der Waals surface area contributed by atoms with Crippen LogP contribution in [0.3, 0.4) is 0 Å². The maximum absolute atomic E-state index is 12.3. The number of rotatable bonds is 8. The van der Waals surface area contributed by atoms with Gasteiger partial charge in [0.1, 0.15) is 5.75 Å². The Labute approximate surface area is 138 Å². The summed E-state index contributed by atoms with van der Waals surface area (Å²) in [5.41, 5.74) is 0.365. The standard InChI is InChI=1S/C16H26N2O4S/c1-6-7-8-12(2)16(19)17-14-11-13(9-10-15(14)22-5)23(20,21)18(3)4/h9-12H,6-8H2,1-5H3,(H,17,19)/t12-/m1/s1. The number of nitrogens with zero attached hydrogens (tertiary/aromatic N) is 1. The molecule has 0 unspecified atom stereocenters. The monoisotopic (exact) mass is 342 g/mol.